The lowest BCUT2D eigenvalue weighted by Gasteiger charge is -2.16. The largest absolute Gasteiger partial charge is 0.481 e. The van der Waals surface area contributed by atoms with Crippen LogP contribution in [0, 0.1) is 5.82 Å². The third-order valence-corrected chi connectivity index (χ3v) is 8.49. The Bertz CT molecular complexity index is 1300. The van der Waals surface area contributed by atoms with Crippen molar-refractivity contribution in [3.8, 4) is 5.75 Å². The molecule has 0 fully saturated rings. The highest BCUT2D eigenvalue weighted by Gasteiger charge is 2.27. The van der Waals surface area contributed by atoms with Crippen molar-refractivity contribution in [1.82, 2.24) is 14.8 Å². The number of esters is 1. The van der Waals surface area contributed by atoms with E-state index in [1.165, 1.54) is 48.4 Å². The summed E-state index contributed by atoms with van der Waals surface area (Å²) in [6.45, 7) is 4.30. The van der Waals surface area contributed by atoms with E-state index in [9.17, 15) is 14.0 Å². The molecule has 2 heterocycles. The van der Waals surface area contributed by atoms with Gasteiger partial charge in [-0.05, 0) is 63.3 Å². The lowest BCUT2D eigenvalue weighted by atomic mass is 10.1. The minimum atomic E-state index is -0.511. The van der Waals surface area contributed by atoms with Gasteiger partial charge in [-0.1, -0.05) is 29.8 Å². The zero-order valence-electron chi connectivity index (χ0n) is 20.8. The standard InChI is InChI=1S/C25H28ClFN4O4S2/c1-4-31-22(14(2)35-18-11-10-15(27)12-17(18)26)29-30-25(31)36-13-20(32)28-23-21(24(33)34-3)16-8-6-5-7-9-19(16)37-23/h10-12,14H,4-9,13H2,1-3H3,(H,28,32). The lowest BCUT2D eigenvalue weighted by molar-refractivity contribution is -0.113. The highest BCUT2D eigenvalue weighted by atomic mass is 35.5. The summed E-state index contributed by atoms with van der Waals surface area (Å²) in [6, 6.07) is 3.92. The molecule has 12 heteroatoms. The summed E-state index contributed by atoms with van der Waals surface area (Å²) in [7, 11) is 1.36. The first-order chi connectivity index (χ1) is 17.8. The number of hydrogen-bond acceptors (Lipinski definition) is 8. The third-order valence-electron chi connectivity index (χ3n) is 6.02. The summed E-state index contributed by atoms with van der Waals surface area (Å²) in [5.74, 6) is -0.142. The molecule has 3 aromatic rings. The van der Waals surface area contributed by atoms with Gasteiger partial charge in [0.25, 0.3) is 0 Å². The van der Waals surface area contributed by atoms with E-state index in [4.69, 9.17) is 21.1 Å². The Labute approximate surface area is 227 Å². The highest BCUT2D eigenvalue weighted by molar-refractivity contribution is 7.99. The number of hydrogen-bond donors (Lipinski definition) is 1. The van der Waals surface area contributed by atoms with Crippen LogP contribution in [0.5, 0.6) is 5.75 Å². The molecule has 8 nitrogen and oxygen atoms in total. The van der Waals surface area contributed by atoms with Crippen molar-refractivity contribution in [1.29, 1.82) is 0 Å². The molecule has 37 heavy (non-hydrogen) atoms. The molecule has 1 aliphatic rings. The molecule has 2 aromatic heterocycles. The smallest absolute Gasteiger partial charge is 0.341 e. The minimum absolute atomic E-state index is 0.0837. The maximum atomic E-state index is 13.3. The number of thioether (sulfide) groups is 1. The molecule has 1 aliphatic carbocycles. The molecule has 1 unspecified atom stereocenters. The van der Waals surface area contributed by atoms with Gasteiger partial charge in [-0.25, -0.2) is 9.18 Å². The normalized spacial score (nSPS) is 14.0. The van der Waals surface area contributed by atoms with Crippen molar-refractivity contribution in [2.24, 2.45) is 0 Å². The van der Waals surface area contributed by atoms with Gasteiger partial charge >= 0.3 is 5.97 Å². The van der Waals surface area contributed by atoms with Crippen LogP contribution in [-0.2, 0) is 28.9 Å². The van der Waals surface area contributed by atoms with Crippen LogP contribution in [0.3, 0.4) is 0 Å². The topological polar surface area (TPSA) is 95.3 Å². The number of fused-ring (bicyclic) bond motifs is 1. The second-order valence-corrected chi connectivity index (χ2v) is 11.0. The van der Waals surface area contributed by atoms with Gasteiger partial charge in [0.1, 0.15) is 16.6 Å². The Balaban J connectivity index is 1.44. The monoisotopic (exact) mass is 566 g/mol. The van der Waals surface area contributed by atoms with Crippen LogP contribution >= 0.6 is 34.7 Å². The Morgan fingerprint density at radius 3 is 2.78 bits per heavy atom. The predicted octanol–water partition coefficient (Wildman–Crippen LogP) is 6.08. The molecule has 4 rings (SSSR count). The van der Waals surface area contributed by atoms with Gasteiger partial charge < -0.3 is 19.4 Å². The first kappa shape index (κ1) is 27.4. The molecule has 0 saturated carbocycles. The van der Waals surface area contributed by atoms with E-state index in [1.54, 1.807) is 6.92 Å². The van der Waals surface area contributed by atoms with Crippen LogP contribution in [-0.4, -0.2) is 39.5 Å². The van der Waals surface area contributed by atoms with Crippen LogP contribution in [0.25, 0.3) is 0 Å². The molecule has 1 amide bonds. The molecule has 0 saturated heterocycles. The number of rotatable bonds is 9. The number of carbonyl (C=O) groups is 2. The number of aromatic nitrogens is 3. The van der Waals surface area contributed by atoms with Gasteiger partial charge in [0, 0.05) is 11.4 Å². The van der Waals surface area contributed by atoms with Gasteiger partial charge in [0.05, 0.1) is 23.4 Å². The van der Waals surface area contributed by atoms with E-state index in [2.05, 4.69) is 15.5 Å². The zero-order chi connectivity index (χ0) is 26.5. The highest BCUT2D eigenvalue weighted by Crippen LogP contribution is 2.38. The molecule has 198 valence electrons. The van der Waals surface area contributed by atoms with Crippen molar-refractivity contribution in [3.63, 3.8) is 0 Å². The van der Waals surface area contributed by atoms with Crippen LogP contribution < -0.4 is 10.1 Å². The predicted molar refractivity (Wildman–Crippen MR) is 142 cm³/mol. The van der Waals surface area contributed by atoms with Crippen LogP contribution in [0.15, 0.2) is 23.4 Å². The fraction of sp³-hybridized carbons (Fsp3) is 0.440. The number of halogens is 2. The second-order valence-electron chi connectivity index (χ2n) is 8.52. The fourth-order valence-electron chi connectivity index (χ4n) is 4.26. The number of amides is 1. The second kappa shape index (κ2) is 12.3. The van der Waals surface area contributed by atoms with Crippen LogP contribution in [0.2, 0.25) is 5.02 Å². The maximum Gasteiger partial charge on any atom is 0.341 e. The summed E-state index contributed by atoms with van der Waals surface area (Å²) in [5.41, 5.74) is 1.48. The van der Waals surface area contributed by atoms with Gasteiger partial charge in [-0.3, -0.25) is 4.79 Å². The maximum absolute atomic E-state index is 13.3. The average Bonchev–Trinajstić information content (AvgIpc) is 3.36. The van der Waals surface area contributed by atoms with E-state index in [-0.39, 0.29) is 16.7 Å². The zero-order valence-corrected chi connectivity index (χ0v) is 23.2. The van der Waals surface area contributed by atoms with Crippen molar-refractivity contribution in [2.75, 3.05) is 18.2 Å². The number of aryl methyl sites for hydroxylation is 1. The van der Waals surface area contributed by atoms with Crippen molar-refractivity contribution in [2.45, 2.75) is 63.8 Å². The molecule has 1 atom stereocenters. The number of ether oxygens (including phenoxy) is 2. The SMILES string of the molecule is CCn1c(SCC(=O)Nc2sc3c(c2C(=O)OC)CCCCC3)nnc1C(C)Oc1ccc(F)cc1Cl. The first-order valence-corrected chi connectivity index (χ1v) is 14.2. The number of nitrogens with one attached hydrogen (secondary N) is 1. The molecule has 1 N–H and O–H groups in total. The third kappa shape index (κ3) is 6.27. The van der Waals surface area contributed by atoms with Gasteiger partial charge in [0.2, 0.25) is 5.91 Å². The van der Waals surface area contributed by atoms with Gasteiger partial charge in [0.15, 0.2) is 17.1 Å². The van der Waals surface area contributed by atoms with Crippen LogP contribution in [0.4, 0.5) is 9.39 Å². The molecule has 0 aliphatic heterocycles. The summed E-state index contributed by atoms with van der Waals surface area (Å²) in [6.07, 6.45) is 4.42. The molecular formula is C25H28ClFN4O4S2. The number of carbonyl (C=O) groups excluding carboxylic acids is 2. The van der Waals surface area contributed by atoms with E-state index in [1.807, 2.05) is 11.5 Å². The van der Waals surface area contributed by atoms with Crippen molar-refractivity contribution in [3.05, 3.63) is 50.9 Å². The summed E-state index contributed by atoms with van der Waals surface area (Å²) >= 11 is 8.79. The number of thiophene rings is 1. The van der Waals surface area contributed by atoms with E-state index in [0.29, 0.717) is 33.8 Å². The number of methoxy groups -OCH3 is 1. The number of nitrogens with zero attached hydrogens (tertiary/aromatic N) is 3. The van der Waals surface area contributed by atoms with Crippen molar-refractivity contribution >= 4 is 51.6 Å². The summed E-state index contributed by atoms with van der Waals surface area (Å²) in [5, 5.41) is 12.7. The molecule has 1 aromatic carbocycles. The van der Waals surface area contributed by atoms with E-state index < -0.39 is 17.9 Å². The fourth-order valence-corrected chi connectivity index (χ4v) is 6.57. The molecule has 0 spiro atoms. The summed E-state index contributed by atoms with van der Waals surface area (Å²) in [4.78, 5) is 26.5. The molecular weight excluding hydrogens is 539 g/mol. The first-order valence-electron chi connectivity index (χ1n) is 12.0. The Hall–Kier alpha value is -2.63. The van der Waals surface area contributed by atoms with Crippen molar-refractivity contribution < 1.29 is 23.5 Å². The van der Waals surface area contributed by atoms with Crippen LogP contribution in [0.1, 0.15) is 65.8 Å². The molecule has 0 bridgehead atoms. The number of anilines is 1. The lowest BCUT2D eigenvalue weighted by Crippen LogP contribution is -2.17. The van der Waals surface area contributed by atoms with Gasteiger partial charge in [-0.15, -0.1) is 21.5 Å². The average molecular weight is 567 g/mol. The van der Waals surface area contributed by atoms with E-state index in [0.717, 1.165) is 42.5 Å². The molecule has 0 radical (unpaired) electrons. The number of benzene rings is 1. The van der Waals surface area contributed by atoms with Gasteiger partial charge in [-0.2, -0.15) is 0 Å². The quantitative estimate of drug-likeness (QED) is 0.190. The van der Waals surface area contributed by atoms with E-state index >= 15 is 0 Å². The Morgan fingerprint density at radius 2 is 2.05 bits per heavy atom. The Kier molecular flexibility index (Phi) is 9.09. The Morgan fingerprint density at radius 1 is 1.27 bits per heavy atom. The minimum Gasteiger partial charge on any atom is -0.481 e. The summed E-state index contributed by atoms with van der Waals surface area (Å²) < 4.78 is 26.1.